The van der Waals surface area contributed by atoms with E-state index in [0.717, 1.165) is 18.4 Å². The molecule has 0 bridgehead atoms. The van der Waals surface area contributed by atoms with Crippen LogP contribution in [0.1, 0.15) is 36.7 Å². The Morgan fingerprint density at radius 1 is 1.48 bits per heavy atom. The second-order valence-electron chi connectivity index (χ2n) is 5.82. The van der Waals surface area contributed by atoms with Gasteiger partial charge < -0.3 is 14.4 Å². The summed E-state index contributed by atoms with van der Waals surface area (Å²) in [6, 6.07) is 3.53. The summed E-state index contributed by atoms with van der Waals surface area (Å²) in [7, 11) is 0. The Hall–Kier alpha value is -2.08. The molecule has 0 saturated carbocycles. The van der Waals surface area contributed by atoms with Gasteiger partial charge in [-0.05, 0) is 38.3 Å². The molecule has 2 N–H and O–H groups in total. The standard InChI is InChI=1S/C15H19N3O3/c1-15(20)4-2-6-18(7-5-15)14(19)13-9-12(16-17-13)11-3-8-21-10-11/h3,8-10,20H,2,4-7H2,1H3,(H,16,17). The number of aromatic amines is 1. The van der Waals surface area contributed by atoms with Gasteiger partial charge in [0.1, 0.15) is 5.69 Å². The monoisotopic (exact) mass is 289 g/mol. The molecule has 2 aromatic heterocycles. The molecular formula is C15H19N3O3. The largest absolute Gasteiger partial charge is 0.472 e. The Bertz CT molecular complexity index is 616. The summed E-state index contributed by atoms with van der Waals surface area (Å²) in [5.74, 6) is -0.0741. The van der Waals surface area contributed by atoms with Gasteiger partial charge in [0.05, 0.1) is 23.8 Å². The lowest BCUT2D eigenvalue weighted by atomic mass is 9.98. The van der Waals surface area contributed by atoms with Gasteiger partial charge in [0.25, 0.3) is 5.91 Å². The van der Waals surface area contributed by atoms with E-state index >= 15 is 0 Å². The Morgan fingerprint density at radius 2 is 2.33 bits per heavy atom. The Morgan fingerprint density at radius 3 is 3.10 bits per heavy atom. The number of aromatic nitrogens is 2. The minimum absolute atomic E-state index is 0.0741. The number of hydrogen-bond acceptors (Lipinski definition) is 4. The van der Waals surface area contributed by atoms with Crippen LogP contribution in [-0.2, 0) is 0 Å². The number of furan rings is 1. The van der Waals surface area contributed by atoms with Gasteiger partial charge in [-0.2, -0.15) is 5.10 Å². The third-order valence-electron chi connectivity index (χ3n) is 3.98. The first kappa shape index (κ1) is 13.9. The Kier molecular flexibility index (Phi) is 3.55. The summed E-state index contributed by atoms with van der Waals surface area (Å²) in [6.07, 6.45) is 5.29. The fourth-order valence-corrected chi connectivity index (χ4v) is 2.63. The average Bonchev–Trinajstić information content (AvgIpc) is 3.08. The number of nitrogens with one attached hydrogen (secondary N) is 1. The van der Waals surface area contributed by atoms with Crippen molar-refractivity contribution in [1.29, 1.82) is 0 Å². The van der Waals surface area contributed by atoms with E-state index in [1.807, 2.05) is 6.92 Å². The second kappa shape index (κ2) is 5.37. The zero-order chi connectivity index (χ0) is 14.9. The third-order valence-corrected chi connectivity index (χ3v) is 3.98. The van der Waals surface area contributed by atoms with E-state index in [4.69, 9.17) is 4.42 Å². The first-order valence-electron chi connectivity index (χ1n) is 7.15. The molecule has 1 amide bonds. The van der Waals surface area contributed by atoms with E-state index in [1.165, 1.54) is 0 Å². The summed E-state index contributed by atoms with van der Waals surface area (Å²) in [4.78, 5) is 14.3. The number of H-pyrrole nitrogens is 1. The maximum atomic E-state index is 12.5. The zero-order valence-corrected chi connectivity index (χ0v) is 12.0. The first-order chi connectivity index (χ1) is 10.1. The highest BCUT2D eigenvalue weighted by molar-refractivity contribution is 5.93. The summed E-state index contributed by atoms with van der Waals surface area (Å²) >= 11 is 0. The lowest BCUT2D eigenvalue weighted by molar-refractivity contribution is 0.0437. The molecule has 3 heterocycles. The lowest BCUT2D eigenvalue weighted by Crippen LogP contribution is -2.33. The quantitative estimate of drug-likeness (QED) is 0.886. The maximum Gasteiger partial charge on any atom is 0.271 e. The van der Waals surface area contributed by atoms with Crippen molar-refractivity contribution in [3.8, 4) is 11.3 Å². The minimum atomic E-state index is -0.676. The van der Waals surface area contributed by atoms with E-state index in [2.05, 4.69) is 10.2 Å². The zero-order valence-electron chi connectivity index (χ0n) is 12.0. The highest BCUT2D eigenvalue weighted by Gasteiger charge is 2.28. The summed E-state index contributed by atoms with van der Waals surface area (Å²) in [5, 5.41) is 17.0. The van der Waals surface area contributed by atoms with Crippen molar-refractivity contribution in [2.45, 2.75) is 31.8 Å². The van der Waals surface area contributed by atoms with E-state index in [0.29, 0.717) is 30.9 Å². The van der Waals surface area contributed by atoms with Gasteiger partial charge >= 0.3 is 0 Å². The van der Waals surface area contributed by atoms with Crippen LogP contribution in [0, 0.1) is 0 Å². The predicted octanol–water partition coefficient (Wildman–Crippen LogP) is 2.05. The minimum Gasteiger partial charge on any atom is -0.472 e. The van der Waals surface area contributed by atoms with Gasteiger partial charge in [0.15, 0.2) is 0 Å². The molecule has 0 aromatic carbocycles. The molecule has 0 spiro atoms. The van der Waals surface area contributed by atoms with Gasteiger partial charge in [-0.3, -0.25) is 9.89 Å². The van der Waals surface area contributed by atoms with Gasteiger partial charge in [0, 0.05) is 18.7 Å². The van der Waals surface area contributed by atoms with Crippen LogP contribution in [0.15, 0.2) is 29.1 Å². The number of carbonyl (C=O) groups excluding carboxylic acids is 1. The van der Waals surface area contributed by atoms with Crippen LogP contribution in [0.2, 0.25) is 0 Å². The Labute approximate surface area is 122 Å². The molecule has 1 unspecified atom stereocenters. The van der Waals surface area contributed by atoms with Gasteiger partial charge in [0.2, 0.25) is 0 Å². The van der Waals surface area contributed by atoms with Gasteiger partial charge in [-0.1, -0.05) is 0 Å². The van der Waals surface area contributed by atoms with Gasteiger partial charge in [-0.15, -0.1) is 0 Å². The van der Waals surface area contributed by atoms with E-state index in [-0.39, 0.29) is 5.91 Å². The molecule has 6 heteroatoms. The summed E-state index contributed by atoms with van der Waals surface area (Å²) in [5.41, 5.74) is 1.32. The van der Waals surface area contributed by atoms with Crippen molar-refractivity contribution in [3.05, 3.63) is 30.4 Å². The van der Waals surface area contributed by atoms with Crippen LogP contribution in [-0.4, -0.2) is 44.8 Å². The highest BCUT2D eigenvalue weighted by atomic mass is 16.3. The number of hydrogen-bond donors (Lipinski definition) is 2. The molecule has 1 aliphatic heterocycles. The van der Waals surface area contributed by atoms with E-state index in [9.17, 15) is 9.90 Å². The third kappa shape index (κ3) is 3.00. The second-order valence-corrected chi connectivity index (χ2v) is 5.82. The van der Waals surface area contributed by atoms with Crippen LogP contribution in [0.3, 0.4) is 0 Å². The molecule has 1 atom stereocenters. The van der Waals surface area contributed by atoms with Crippen LogP contribution < -0.4 is 0 Å². The summed E-state index contributed by atoms with van der Waals surface area (Å²) < 4.78 is 5.02. The molecular weight excluding hydrogens is 270 g/mol. The number of amides is 1. The maximum absolute atomic E-state index is 12.5. The molecule has 2 aromatic rings. The molecule has 1 fully saturated rings. The van der Waals surface area contributed by atoms with Crippen LogP contribution in [0.25, 0.3) is 11.3 Å². The van der Waals surface area contributed by atoms with Gasteiger partial charge in [-0.25, -0.2) is 0 Å². The fourth-order valence-electron chi connectivity index (χ4n) is 2.63. The molecule has 1 aliphatic rings. The molecule has 6 nitrogen and oxygen atoms in total. The lowest BCUT2D eigenvalue weighted by Gasteiger charge is -2.22. The van der Waals surface area contributed by atoms with Crippen LogP contribution >= 0.6 is 0 Å². The molecule has 0 aliphatic carbocycles. The average molecular weight is 289 g/mol. The molecule has 112 valence electrons. The van der Waals surface area contributed by atoms with Crippen molar-refractivity contribution >= 4 is 5.91 Å². The topological polar surface area (TPSA) is 82.4 Å². The Balaban J connectivity index is 1.73. The number of nitrogens with zero attached hydrogens (tertiary/aromatic N) is 2. The van der Waals surface area contributed by atoms with Crippen molar-refractivity contribution in [3.63, 3.8) is 0 Å². The van der Waals surface area contributed by atoms with Crippen molar-refractivity contribution in [2.75, 3.05) is 13.1 Å². The smallest absolute Gasteiger partial charge is 0.271 e. The van der Waals surface area contributed by atoms with E-state index in [1.54, 1.807) is 29.6 Å². The van der Waals surface area contributed by atoms with Crippen LogP contribution in [0.4, 0.5) is 0 Å². The van der Waals surface area contributed by atoms with Crippen LogP contribution in [0.5, 0.6) is 0 Å². The number of rotatable bonds is 2. The molecule has 1 saturated heterocycles. The molecule has 0 radical (unpaired) electrons. The molecule has 3 rings (SSSR count). The normalized spacial score (nSPS) is 23.0. The highest BCUT2D eigenvalue weighted by Crippen LogP contribution is 2.23. The molecule has 21 heavy (non-hydrogen) atoms. The van der Waals surface area contributed by atoms with E-state index < -0.39 is 5.60 Å². The number of aliphatic hydroxyl groups is 1. The number of carbonyl (C=O) groups is 1. The predicted molar refractivity (Wildman–Crippen MR) is 76.7 cm³/mol. The van der Waals surface area contributed by atoms with Crippen molar-refractivity contribution in [2.24, 2.45) is 0 Å². The van der Waals surface area contributed by atoms with Crippen molar-refractivity contribution < 1.29 is 14.3 Å². The fraction of sp³-hybridized carbons (Fsp3) is 0.467. The summed E-state index contributed by atoms with van der Waals surface area (Å²) in [6.45, 7) is 3.05. The van der Waals surface area contributed by atoms with Crippen molar-refractivity contribution in [1.82, 2.24) is 15.1 Å². The first-order valence-corrected chi connectivity index (χ1v) is 7.15. The SMILES string of the molecule is CC1(O)CCCN(C(=O)c2cc(-c3ccoc3)n[nH]2)CC1. The number of likely N-dealkylation sites (tertiary alicyclic amines) is 1.